The summed E-state index contributed by atoms with van der Waals surface area (Å²) in [5.74, 6) is -0.455. The van der Waals surface area contributed by atoms with Gasteiger partial charge in [0.05, 0.1) is 27.3 Å². The lowest BCUT2D eigenvalue weighted by Gasteiger charge is -2.44. The Bertz CT molecular complexity index is 918. The van der Waals surface area contributed by atoms with Gasteiger partial charge < -0.3 is 9.80 Å². The second kappa shape index (κ2) is 7.73. The molecule has 1 aliphatic carbocycles. The van der Waals surface area contributed by atoms with Gasteiger partial charge in [0.25, 0.3) is 5.91 Å². The van der Waals surface area contributed by atoms with Crippen LogP contribution < -0.4 is 4.90 Å². The Labute approximate surface area is 175 Å². The summed E-state index contributed by atoms with van der Waals surface area (Å²) in [5, 5.41) is 0. The number of carbonyl (C=O) groups is 1. The number of anilines is 1. The molecule has 1 saturated carbocycles. The first-order chi connectivity index (χ1) is 14.1. The number of hydrogen-bond donors (Lipinski definition) is 0. The Kier molecular flexibility index (Phi) is 5.53. The largest absolute Gasteiger partial charge is 0.416 e. The Morgan fingerprint density at radius 2 is 1.63 bits per heavy atom. The number of alkyl halides is 3. The van der Waals surface area contributed by atoms with Crippen LogP contribution in [0.25, 0.3) is 0 Å². The third-order valence-electron chi connectivity index (χ3n) is 6.82. The molecule has 4 rings (SSSR count). The van der Waals surface area contributed by atoms with Crippen LogP contribution in [0.15, 0.2) is 18.2 Å². The highest BCUT2D eigenvalue weighted by atomic mass is 32.2. The molecule has 1 amide bonds. The molecule has 1 aromatic rings. The molecule has 0 N–H and O–H groups in total. The first-order valence-corrected chi connectivity index (χ1v) is 12.3. The topological polar surface area (TPSA) is 57.7 Å². The maximum atomic E-state index is 13.4. The zero-order valence-corrected chi connectivity index (χ0v) is 17.7. The molecule has 0 radical (unpaired) electrons. The SMILES string of the molecule is O=C(c1ccc(C(F)(F)F)cc1N1CCCC1)N1CCS(=O)(=O)C2(CCCCC2)C1. The smallest absolute Gasteiger partial charge is 0.371 e. The van der Waals surface area contributed by atoms with Crippen molar-refractivity contribution >= 4 is 21.4 Å². The fraction of sp³-hybridized carbons (Fsp3) is 0.667. The average molecular weight is 445 g/mol. The molecule has 3 fully saturated rings. The van der Waals surface area contributed by atoms with E-state index in [1.165, 1.54) is 6.07 Å². The summed E-state index contributed by atoms with van der Waals surface area (Å²) in [4.78, 5) is 16.8. The van der Waals surface area contributed by atoms with Crippen molar-refractivity contribution in [1.29, 1.82) is 0 Å². The molecule has 1 aromatic carbocycles. The van der Waals surface area contributed by atoms with Crippen molar-refractivity contribution in [2.24, 2.45) is 0 Å². The molecule has 30 heavy (non-hydrogen) atoms. The van der Waals surface area contributed by atoms with Crippen molar-refractivity contribution in [1.82, 2.24) is 4.90 Å². The van der Waals surface area contributed by atoms with Crippen LogP contribution in [0.3, 0.4) is 0 Å². The first kappa shape index (κ1) is 21.5. The summed E-state index contributed by atoms with van der Waals surface area (Å²) in [6, 6.07) is 3.27. The second-order valence-electron chi connectivity index (χ2n) is 8.71. The Hall–Kier alpha value is -1.77. The van der Waals surface area contributed by atoms with Crippen LogP contribution in [0.5, 0.6) is 0 Å². The standard InChI is InChI=1S/C21H27F3N2O3S/c22-21(23,24)16-6-7-17(18(14-16)25-10-4-5-11-25)19(27)26-12-13-30(28,29)20(15-26)8-2-1-3-9-20/h6-7,14H,1-5,8-13,15H2. The van der Waals surface area contributed by atoms with Crippen LogP contribution in [0, 0.1) is 0 Å². The molecular weight excluding hydrogens is 417 g/mol. The number of amides is 1. The predicted octanol–water partition coefficient (Wildman–Crippen LogP) is 3.88. The van der Waals surface area contributed by atoms with E-state index in [0.717, 1.165) is 44.2 Å². The Balaban J connectivity index is 1.67. The van der Waals surface area contributed by atoms with Gasteiger partial charge in [0.1, 0.15) is 0 Å². The van der Waals surface area contributed by atoms with E-state index in [-0.39, 0.29) is 30.3 Å². The van der Waals surface area contributed by atoms with E-state index in [1.54, 1.807) is 4.90 Å². The van der Waals surface area contributed by atoms with Gasteiger partial charge in [-0.2, -0.15) is 13.2 Å². The van der Waals surface area contributed by atoms with E-state index in [0.29, 0.717) is 31.6 Å². The lowest BCUT2D eigenvalue weighted by Crippen LogP contribution is -2.58. The predicted molar refractivity (Wildman–Crippen MR) is 108 cm³/mol. The van der Waals surface area contributed by atoms with Crippen molar-refractivity contribution in [2.45, 2.75) is 55.9 Å². The highest BCUT2D eigenvalue weighted by Gasteiger charge is 2.49. The lowest BCUT2D eigenvalue weighted by atomic mass is 9.87. The average Bonchev–Trinajstić information content (AvgIpc) is 3.24. The Morgan fingerprint density at radius 3 is 2.27 bits per heavy atom. The van der Waals surface area contributed by atoms with E-state index in [9.17, 15) is 26.4 Å². The van der Waals surface area contributed by atoms with Crippen LogP contribution in [-0.2, 0) is 16.0 Å². The minimum absolute atomic E-state index is 0.0849. The van der Waals surface area contributed by atoms with Gasteiger partial charge in [-0.3, -0.25) is 4.79 Å². The molecular formula is C21H27F3N2O3S. The van der Waals surface area contributed by atoms with E-state index < -0.39 is 26.3 Å². The van der Waals surface area contributed by atoms with E-state index in [1.807, 2.05) is 4.90 Å². The van der Waals surface area contributed by atoms with Crippen LogP contribution in [-0.4, -0.2) is 55.9 Å². The zero-order chi connectivity index (χ0) is 21.6. The highest BCUT2D eigenvalue weighted by molar-refractivity contribution is 7.92. The first-order valence-electron chi connectivity index (χ1n) is 10.6. The number of hydrogen-bond acceptors (Lipinski definition) is 4. The fourth-order valence-corrected chi connectivity index (χ4v) is 7.25. The second-order valence-corrected chi connectivity index (χ2v) is 11.2. The lowest BCUT2D eigenvalue weighted by molar-refractivity contribution is -0.137. The summed E-state index contributed by atoms with van der Waals surface area (Å²) in [5.41, 5.74) is -0.237. The minimum Gasteiger partial charge on any atom is -0.371 e. The van der Waals surface area contributed by atoms with Gasteiger partial charge in [-0.05, 0) is 43.9 Å². The molecule has 0 unspecified atom stereocenters. The molecule has 9 heteroatoms. The van der Waals surface area contributed by atoms with Crippen LogP contribution in [0.1, 0.15) is 60.9 Å². The van der Waals surface area contributed by atoms with E-state index in [4.69, 9.17) is 0 Å². The molecule has 2 heterocycles. The minimum atomic E-state index is -4.48. The molecule has 2 aliphatic heterocycles. The Morgan fingerprint density at radius 1 is 0.967 bits per heavy atom. The van der Waals surface area contributed by atoms with Crippen LogP contribution in [0.4, 0.5) is 18.9 Å². The van der Waals surface area contributed by atoms with E-state index in [2.05, 4.69) is 0 Å². The highest BCUT2D eigenvalue weighted by Crippen LogP contribution is 2.40. The van der Waals surface area contributed by atoms with Gasteiger partial charge in [-0.25, -0.2) is 8.42 Å². The van der Waals surface area contributed by atoms with Gasteiger partial charge >= 0.3 is 6.18 Å². The molecule has 5 nitrogen and oxygen atoms in total. The number of sulfone groups is 1. The van der Waals surface area contributed by atoms with Crippen molar-refractivity contribution in [3.05, 3.63) is 29.3 Å². The molecule has 2 saturated heterocycles. The fourth-order valence-electron chi connectivity index (χ4n) is 5.09. The summed E-state index contributed by atoms with van der Waals surface area (Å²) in [6.45, 7) is 1.44. The van der Waals surface area contributed by atoms with Gasteiger partial charge in [0, 0.05) is 26.2 Å². The normalized spacial score (nSPS) is 23.7. The van der Waals surface area contributed by atoms with Gasteiger partial charge in [-0.1, -0.05) is 19.3 Å². The molecule has 0 aromatic heterocycles. The molecule has 3 aliphatic rings. The van der Waals surface area contributed by atoms with Gasteiger partial charge in [0.2, 0.25) is 0 Å². The van der Waals surface area contributed by atoms with Crippen LogP contribution in [0.2, 0.25) is 0 Å². The molecule has 0 bridgehead atoms. The quantitative estimate of drug-likeness (QED) is 0.695. The van der Waals surface area contributed by atoms with Crippen molar-refractivity contribution in [3.63, 3.8) is 0 Å². The van der Waals surface area contributed by atoms with Crippen LogP contribution >= 0.6 is 0 Å². The monoisotopic (exact) mass is 444 g/mol. The number of benzene rings is 1. The van der Waals surface area contributed by atoms with Crippen molar-refractivity contribution in [2.75, 3.05) is 36.8 Å². The van der Waals surface area contributed by atoms with E-state index >= 15 is 0 Å². The van der Waals surface area contributed by atoms with Gasteiger partial charge in [-0.15, -0.1) is 0 Å². The number of carbonyl (C=O) groups excluding carboxylic acids is 1. The van der Waals surface area contributed by atoms with Gasteiger partial charge in [0.15, 0.2) is 9.84 Å². The third-order valence-corrected chi connectivity index (χ3v) is 9.40. The summed E-state index contributed by atoms with van der Waals surface area (Å²) in [6.07, 6.45) is 0.978. The molecule has 1 spiro atoms. The summed E-state index contributed by atoms with van der Waals surface area (Å²) in [7, 11) is -3.30. The molecule has 0 atom stereocenters. The third kappa shape index (κ3) is 3.81. The number of halogens is 3. The molecule has 166 valence electrons. The van der Waals surface area contributed by atoms with Crippen molar-refractivity contribution in [3.8, 4) is 0 Å². The number of rotatable bonds is 2. The van der Waals surface area contributed by atoms with Crippen molar-refractivity contribution < 1.29 is 26.4 Å². The maximum absolute atomic E-state index is 13.4. The number of nitrogens with zero attached hydrogens (tertiary/aromatic N) is 2. The zero-order valence-electron chi connectivity index (χ0n) is 16.9. The summed E-state index contributed by atoms with van der Waals surface area (Å²) < 4.78 is 64.6. The summed E-state index contributed by atoms with van der Waals surface area (Å²) >= 11 is 0. The maximum Gasteiger partial charge on any atom is 0.416 e.